The second-order valence-electron chi connectivity index (χ2n) is 8.27. The van der Waals surface area contributed by atoms with Crippen molar-refractivity contribution >= 4 is 17.5 Å². The number of aryl methyl sites for hydroxylation is 1. The number of hydrogen-bond donors (Lipinski definition) is 3. The van der Waals surface area contributed by atoms with Crippen LogP contribution in [0.1, 0.15) is 38.8 Å². The number of aromatic hydroxyl groups is 2. The average molecular weight is 476 g/mol. The molecule has 4 aromatic rings. The van der Waals surface area contributed by atoms with E-state index in [1.165, 1.54) is 19.2 Å². The maximum atomic E-state index is 13.6. The van der Waals surface area contributed by atoms with E-state index in [0.29, 0.717) is 39.8 Å². The van der Waals surface area contributed by atoms with Crippen molar-refractivity contribution < 1.29 is 19.7 Å². The minimum absolute atomic E-state index is 0.000726. The highest BCUT2D eigenvalue weighted by Crippen LogP contribution is 2.46. The van der Waals surface area contributed by atoms with Gasteiger partial charge in [0.05, 0.1) is 13.2 Å². The predicted octanol–water partition coefficient (Wildman–Crippen LogP) is 5.20. The van der Waals surface area contributed by atoms with Gasteiger partial charge in [-0.2, -0.15) is 5.10 Å². The first-order valence-corrected chi connectivity index (χ1v) is 11.1. The number of fused-ring (bicyclic) bond motifs is 1. The van der Waals surface area contributed by atoms with E-state index in [1.54, 1.807) is 29.2 Å². The van der Waals surface area contributed by atoms with Crippen molar-refractivity contribution in [2.45, 2.75) is 19.5 Å². The van der Waals surface area contributed by atoms with Gasteiger partial charge in [0.2, 0.25) is 0 Å². The number of methoxy groups -OCH3 is 1. The van der Waals surface area contributed by atoms with E-state index in [2.05, 4.69) is 10.2 Å². The third-order valence-corrected chi connectivity index (χ3v) is 6.31. The molecule has 0 radical (unpaired) electrons. The van der Waals surface area contributed by atoms with Crippen molar-refractivity contribution in [3.63, 3.8) is 0 Å². The topological polar surface area (TPSA) is 98.7 Å². The Kier molecular flexibility index (Phi) is 5.42. The van der Waals surface area contributed by atoms with Crippen molar-refractivity contribution in [2.75, 3.05) is 7.11 Å². The fourth-order valence-electron chi connectivity index (χ4n) is 4.36. The smallest absolute Gasteiger partial charge is 0.273 e. The molecule has 3 N–H and O–H groups in total. The van der Waals surface area contributed by atoms with Crippen LogP contribution in [-0.2, 0) is 6.54 Å². The van der Waals surface area contributed by atoms with Gasteiger partial charge in [0.15, 0.2) is 11.5 Å². The number of phenolic OH excluding ortho intramolecular Hbond substituents is 2. The quantitative estimate of drug-likeness (QED) is 0.368. The first kappa shape index (κ1) is 21.9. The summed E-state index contributed by atoms with van der Waals surface area (Å²) in [5, 5.41) is 28.4. The predicted molar refractivity (Wildman–Crippen MR) is 128 cm³/mol. The van der Waals surface area contributed by atoms with Crippen LogP contribution < -0.4 is 4.74 Å². The molecule has 1 aliphatic heterocycles. The summed E-state index contributed by atoms with van der Waals surface area (Å²) in [7, 11) is 1.47. The monoisotopic (exact) mass is 475 g/mol. The molecule has 34 heavy (non-hydrogen) atoms. The van der Waals surface area contributed by atoms with Crippen molar-refractivity contribution in [1.29, 1.82) is 0 Å². The third-order valence-electron chi connectivity index (χ3n) is 6.07. The summed E-state index contributed by atoms with van der Waals surface area (Å²) in [6, 6.07) is 17.2. The Balaban J connectivity index is 1.68. The Labute approximate surface area is 201 Å². The number of nitrogens with one attached hydrogen (secondary N) is 1. The van der Waals surface area contributed by atoms with Crippen LogP contribution in [-0.4, -0.2) is 38.3 Å². The standard InChI is InChI=1S/C26H22ClN3O4/c1-14-3-5-15(6-4-14)13-30-25(16-7-9-20(32)21(11-16)34-2)22-23(28-29-24(22)26(30)33)18-12-17(27)8-10-19(18)31/h3-12,25,31-32H,13H2,1-2H3,(H,28,29). The lowest BCUT2D eigenvalue weighted by molar-refractivity contribution is 0.0730. The van der Waals surface area contributed by atoms with Crippen LogP contribution in [0.15, 0.2) is 60.7 Å². The first-order valence-electron chi connectivity index (χ1n) is 10.7. The summed E-state index contributed by atoms with van der Waals surface area (Å²) < 4.78 is 5.32. The lowest BCUT2D eigenvalue weighted by Gasteiger charge is -2.27. The lowest BCUT2D eigenvalue weighted by Crippen LogP contribution is -2.29. The van der Waals surface area contributed by atoms with E-state index in [9.17, 15) is 15.0 Å². The normalized spacial score (nSPS) is 15.0. The van der Waals surface area contributed by atoms with Crippen LogP contribution in [0.5, 0.6) is 17.2 Å². The Morgan fingerprint density at radius 3 is 2.53 bits per heavy atom. The van der Waals surface area contributed by atoms with Gasteiger partial charge in [-0.1, -0.05) is 47.5 Å². The summed E-state index contributed by atoms with van der Waals surface area (Å²) in [4.78, 5) is 15.3. The van der Waals surface area contributed by atoms with Gasteiger partial charge in [-0.25, -0.2) is 0 Å². The number of aromatic amines is 1. The molecule has 0 saturated carbocycles. The summed E-state index contributed by atoms with van der Waals surface area (Å²) >= 11 is 6.20. The van der Waals surface area contributed by atoms with E-state index in [-0.39, 0.29) is 17.4 Å². The zero-order chi connectivity index (χ0) is 24.0. The SMILES string of the molecule is COc1cc(C2c3c(-c4cc(Cl)ccc4O)n[nH]c3C(=O)N2Cc2ccc(C)cc2)ccc1O. The van der Waals surface area contributed by atoms with Crippen LogP contribution in [0.2, 0.25) is 5.02 Å². The Bertz CT molecular complexity index is 1400. The molecule has 0 spiro atoms. The van der Waals surface area contributed by atoms with Crippen molar-refractivity contribution in [3.8, 4) is 28.5 Å². The minimum Gasteiger partial charge on any atom is -0.507 e. The van der Waals surface area contributed by atoms with Crippen molar-refractivity contribution in [3.05, 3.63) is 93.6 Å². The maximum absolute atomic E-state index is 13.6. The Hall–Kier alpha value is -3.97. The Morgan fingerprint density at radius 2 is 1.79 bits per heavy atom. The molecule has 1 unspecified atom stereocenters. The minimum atomic E-state index is -0.537. The molecule has 0 saturated heterocycles. The highest BCUT2D eigenvalue weighted by molar-refractivity contribution is 6.31. The molecule has 172 valence electrons. The zero-order valence-corrected chi connectivity index (χ0v) is 19.3. The highest BCUT2D eigenvalue weighted by Gasteiger charge is 2.42. The molecular formula is C26H22ClN3O4. The lowest BCUT2D eigenvalue weighted by atomic mass is 9.95. The highest BCUT2D eigenvalue weighted by atomic mass is 35.5. The molecule has 1 atom stereocenters. The fraction of sp³-hybridized carbons (Fsp3) is 0.154. The third kappa shape index (κ3) is 3.64. The summed E-state index contributed by atoms with van der Waals surface area (Å²) in [5.41, 5.74) is 4.67. The van der Waals surface area contributed by atoms with Crippen LogP contribution in [0, 0.1) is 6.92 Å². The second-order valence-corrected chi connectivity index (χ2v) is 8.71. The molecule has 2 heterocycles. The molecule has 1 aromatic heterocycles. The van der Waals surface area contributed by atoms with Crippen molar-refractivity contribution in [2.24, 2.45) is 0 Å². The van der Waals surface area contributed by atoms with Crippen LogP contribution in [0.3, 0.4) is 0 Å². The van der Waals surface area contributed by atoms with Crippen molar-refractivity contribution in [1.82, 2.24) is 15.1 Å². The largest absolute Gasteiger partial charge is 0.507 e. The van der Waals surface area contributed by atoms with E-state index in [4.69, 9.17) is 16.3 Å². The number of phenols is 2. The number of aromatic nitrogens is 2. The van der Waals surface area contributed by atoms with Gasteiger partial charge in [-0.3, -0.25) is 9.89 Å². The van der Waals surface area contributed by atoms with E-state index < -0.39 is 6.04 Å². The molecule has 0 bridgehead atoms. The molecular weight excluding hydrogens is 454 g/mol. The van der Waals surface area contributed by atoms with Gasteiger partial charge < -0.3 is 19.8 Å². The van der Waals surface area contributed by atoms with E-state index in [1.807, 2.05) is 31.2 Å². The maximum Gasteiger partial charge on any atom is 0.273 e. The molecule has 1 aliphatic rings. The molecule has 5 rings (SSSR count). The van der Waals surface area contributed by atoms with Crippen LogP contribution >= 0.6 is 11.6 Å². The molecule has 0 aliphatic carbocycles. The average Bonchev–Trinajstić information content (AvgIpc) is 3.36. The van der Waals surface area contributed by atoms with Crippen LogP contribution in [0.25, 0.3) is 11.3 Å². The Morgan fingerprint density at radius 1 is 1.06 bits per heavy atom. The number of halogens is 1. The fourth-order valence-corrected chi connectivity index (χ4v) is 4.54. The number of H-pyrrole nitrogens is 1. The number of rotatable bonds is 5. The van der Waals surface area contributed by atoms with Gasteiger partial charge in [0.1, 0.15) is 17.1 Å². The first-order chi connectivity index (χ1) is 16.4. The summed E-state index contributed by atoms with van der Waals surface area (Å²) in [6.07, 6.45) is 0. The molecule has 8 heteroatoms. The number of ether oxygens (including phenoxy) is 1. The van der Waals surface area contributed by atoms with Gasteiger partial charge in [-0.05, 0) is 48.4 Å². The summed E-state index contributed by atoms with van der Waals surface area (Å²) in [6.45, 7) is 2.37. The van der Waals surface area contributed by atoms with Gasteiger partial charge in [-0.15, -0.1) is 0 Å². The molecule has 7 nitrogen and oxygen atoms in total. The number of nitrogens with zero attached hydrogens (tertiary/aromatic N) is 2. The van der Waals surface area contributed by atoms with E-state index >= 15 is 0 Å². The number of benzene rings is 3. The zero-order valence-electron chi connectivity index (χ0n) is 18.5. The molecule has 0 fully saturated rings. The van der Waals surface area contributed by atoms with Gasteiger partial charge in [0, 0.05) is 22.7 Å². The van der Waals surface area contributed by atoms with Gasteiger partial charge >= 0.3 is 0 Å². The number of carbonyl (C=O) groups is 1. The number of hydrogen-bond acceptors (Lipinski definition) is 5. The van der Waals surface area contributed by atoms with Crippen LogP contribution in [0.4, 0.5) is 0 Å². The molecule has 1 amide bonds. The summed E-state index contributed by atoms with van der Waals surface area (Å²) in [5.74, 6) is 0.0863. The van der Waals surface area contributed by atoms with E-state index in [0.717, 1.165) is 16.7 Å². The number of carbonyl (C=O) groups excluding carboxylic acids is 1. The van der Waals surface area contributed by atoms with Gasteiger partial charge in [0.25, 0.3) is 5.91 Å². The number of amides is 1. The second kappa shape index (κ2) is 8.43. The molecule has 3 aromatic carbocycles.